The number of hydrogen-bond donors (Lipinski definition) is 0. The van der Waals surface area contributed by atoms with Gasteiger partial charge in [-0.2, -0.15) is 0 Å². The summed E-state index contributed by atoms with van der Waals surface area (Å²) in [5.74, 6) is 1.79. The number of fused-ring (bicyclic) bond motifs is 6. The fraction of sp³-hybridized carbons (Fsp3) is 0.0893. The van der Waals surface area contributed by atoms with Crippen molar-refractivity contribution in [3.63, 3.8) is 0 Å². The standard InChI is InChI=1S/C56H41N3O/c1-35-30-50-47(43-24-12-13-27-49(43)56(50,2)3)34-46(35)42-23-11-10-20-40(42)31-36-28-29-51-48(32-36)44-25-15-26-45(52(44)60-51)55-58-53(38-18-8-5-9-19-38)57-54(59-55)41-22-14-21-39(33-41)37-16-6-4-7-17-37/h4-30,32-34H,31H2,1-3H3. The van der Waals surface area contributed by atoms with Crippen molar-refractivity contribution < 1.29 is 4.42 Å². The van der Waals surface area contributed by atoms with Crippen LogP contribution >= 0.6 is 0 Å². The lowest BCUT2D eigenvalue weighted by molar-refractivity contribution is 0.660. The van der Waals surface area contributed by atoms with Gasteiger partial charge in [-0.3, -0.25) is 0 Å². The van der Waals surface area contributed by atoms with Gasteiger partial charge in [-0.05, 0) is 105 Å². The van der Waals surface area contributed by atoms with E-state index >= 15 is 0 Å². The van der Waals surface area contributed by atoms with E-state index in [0.29, 0.717) is 17.5 Å². The summed E-state index contributed by atoms with van der Waals surface area (Å²) in [6, 6.07) is 64.3. The van der Waals surface area contributed by atoms with Gasteiger partial charge in [-0.1, -0.05) is 166 Å². The molecule has 0 N–H and O–H groups in total. The molecular formula is C56H41N3O. The first kappa shape index (κ1) is 35.7. The van der Waals surface area contributed by atoms with Gasteiger partial charge in [-0.25, -0.2) is 15.0 Å². The van der Waals surface area contributed by atoms with Crippen molar-refractivity contribution in [2.45, 2.75) is 32.6 Å². The average Bonchev–Trinajstić information content (AvgIpc) is 3.78. The molecule has 0 aliphatic heterocycles. The lowest BCUT2D eigenvalue weighted by atomic mass is 9.81. The third-order valence-corrected chi connectivity index (χ3v) is 12.3. The highest BCUT2D eigenvalue weighted by molar-refractivity contribution is 6.09. The van der Waals surface area contributed by atoms with Crippen LogP contribution in [0.3, 0.4) is 0 Å². The average molecular weight is 772 g/mol. The highest BCUT2D eigenvalue weighted by atomic mass is 16.3. The van der Waals surface area contributed by atoms with Gasteiger partial charge in [0.15, 0.2) is 17.5 Å². The summed E-state index contributed by atoms with van der Waals surface area (Å²) in [4.78, 5) is 15.2. The van der Waals surface area contributed by atoms with Gasteiger partial charge in [0.2, 0.25) is 0 Å². The Bertz CT molecular complexity index is 3270. The molecule has 4 heteroatoms. The molecule has 2 aromatic heterocycles. The number of aryl methyl sites for hydroxylation is 1. The monoisotopic (exact) mass is 771 g/mol. The number of para-hydroxylation sites is 1. The van der Waals surface area contributed by atoms with Crippen LogP contribution in [0.25, 0.3) is 89.5 Å². The Morgan fingerprint density at radius 2 is 1.07 bits per heavy atom. The van der Waals surface area contributed by atoms with Crippen LogP contribution in [0.4, 0.5) is 0 Å². The topological polar surface area (TPSA) is 51.8 Å². The van der Waals surface area contributed by atoms with Crippen molar-refractivity contribution >= 4 is 21.9 Å². The number of nitrogens with zero attached hydrogens (tertiary/aromatic N) is 3. The molecule has 1 aliphatic carbocycles. The van der Waals surface area contributed by atoms with Crippen LogP contribution in [-0.2, 0) is 11.8 Å². The molecule has 4 nitrogen and oxygen atoms in total. The highest BCUT2D eigenvalue weighted by Gasteiger charge is 2.35. The number of rotatable bonds is 7. The Balaban J connectivity index is 0.988. The first-order valence-electron chi connectivity index (χ1n) is 20.6. The molecule has 0 radical (unpaired) electrons. The summed E-state index contributed by atoms with van der Waals surface area (Å²) in [5, 5.41) is 2.10. The number of hydrogen-bond acceptors (Lipinski definition) is 4. The largest absolute Gasteiger partial charge is 0.455 e. The summed E-state index contributed by atoms with van der Waals surface area (Å²) in [6.07, 6.45) is 0.788. The van der Waals surface area contributed by atoms with Crippen molar-refractivity contribution in [1.82, 2.24) is 15.0 Å². The Morgan fingerprint density at radius 3 is 1.88 bits per heavy atom. The predicted molar refractivity (Wildman–Crippen MR) is 246 cm³/mol. The zero-order chi connectivity index (χ0) is 40.4. The second kappa shape index (κ2) is 14.1. The molecule has 2 heterocycles. The fourth-order valence-electron chi connectivity index (χ4n) is 9.25. The molecule has 0 saturated heterocycles. The van der Waals surface area contributed by atoms with Crippen molar-refractivity contribution in [3.05, 3.63) is 210 Å². The molecule has 0 spiro atoms. The Labute approximate surface area is 349 Å². The number of aromatic nitrogens is 3. The van der Waals surface area contributed by atoms with Gasteiger partial charge in [0.05, 0.1) is 5.56 Å². The van der Waals surface area contributed by atoms with Crippen molar-refractivity contribution in [2.24, 2.45) is 0 Å². The van der Waals surface area contributed by atoms with Gasteiger partial charge in [-0.15, -0.1) is 0 Å². The second-order valence-electron chi connectivity index (χ2n) is 16.5. The molecule has 0 amide bonds. The Kier molecular flexibility index (Phi) is 8.42. The van der Waals surface area contributed by atoms with Crippen molar-refractivity contribution in [3.8, 4) is 67.5 Å². The molecule has 0 bridgehead atoms. The SMILES string of the molecule is Cc1cc2c(cc1-c1ccccc1Cc1ccc3oc4c(-c5nc(-c6ccccc6)nc(-c6cccc(-c7ccccc7)c6)n5)cccc4c3c1)-c1ccccc1C2(C)C. The molecule has 1 aliphatic rings. The third-order valence-electron chi connectivity index (χ3n) is 12.3. The van der Waals surface area contributed by atoms with Crippen molar-refractivity contribution in [2.75, 3.05) is 0 Å². The zero-order valence-electron chi connectivity index (χ0n) is 33.8. The van der Waals surface area contributed by atoms with E-state index in [4.69, 9.17) is 19.4 Å². The van der Waals surface area contributed by atoms with E-state index in [0.717, 1.165) is 56.2 Å². The molecule has 0 fully saturated rings. The van der Waals surface area contributed by atoms with Gasteiger partial charge >= 0.3 is 0 Å². The predicted octanol–water partition coefficient (Wildman–Crippen LogP) is 14.3. The molecule has 11 rings (SSSR count). The van der Waals surface area contributed by atoms with Crippen LogP contribution in [0.15, 0.2) is 186 Å². The smallest absolute Gasteiger partial charge is 0.167 e. The maximum absolute atomic E-state index is 6.71. The van der Waals surface area contributed by atoms with Crippen LogP contribution in [-0.4, -0.2) is 15.0 Å². The summed E-state index contributed by atoms with van der Waals surface area (Å²) in [6.45, 7) is 6.95. The maximum Gasteiger partial charge on any atom is 0.167 e. The minimum Gasteiger partial charge on any atom is -0.455 e. The van der Waals surface area contributed by atoms with E-state index < -0.39 is 0 Å². The quantitative estimate of drug-likeness (QED) is 0.162. The molecule has 0 saturated carbocycles. The number of furan rings is 1. The highest BCUT2D eigenvalue weighted by Crippen LogP contribution is 2.50. The van der Waals surface area contributed by atoms with Crippen LogP contribution < -0.4 is 0 Å². The molecule has 286 valence electrons. The minimum atomic E-state index is -0.0259. The van der Waals surface area contributed by atoms with E-state index in [1.54, 1.807) is 0 Å². The fourth-order valence-corrected chi connectivity index (χ4v) is 9.25. The molecule has 8 aromatic carbocycles. The molecular weight excluding hydrogens is 731 g/mol. The van der Waals surface area contributed by atoms with Crippen molar-refractivity contribution in [1.29, 1.82) is 0 Å². The Hall–Kier alpha value is -7.43. The third kappa shape index (κ3) is 6.03. The van der Waals surface area contributed by atoms with E-state index in [2.05, 4.69) is 166 Å². The summed E-state index contributed by atoms with van der Waals surface area (Å²) >= 11 is 0. The van der Waals surface area contributed by atoms with Gasteiger partial charge in [0.25, 0.3) is 0 Å². The molecule has 0 unspecified atom stereocenters. The molecule has 60 heavy (non-hydrogen) atoms. The van der Waals surface area contributed by atoms with E-state index in [9.17, 15) is 0 Å². The minimum absolute atomic E-state index is 0.0259. The number of benzene rings is 8. The molecule has 10 aromatic rings. The van der Waals surface area contributed by atoms with Crippen LogP contribution in [0.2, 0.25) is 0 Å². The summed E-state index contributed by atoms with van der Waals surface area (Å²) < 4.78 is 6.71. The summed E-state index contributed by atoms with van der Waals surface area (Å²) in [5.41, 5.74) is 18.3. The Morgan fingerprint density at radius 1 is 0.433 bits per heavy atom. The maximum atomic E-state index is 6.71. The summed E-state index contributed by atoms with van der Waals surface area (Å²) in [7, 11) is 0. The van der Waals surface area contributed by atoms with Gasteiger partial charge in [0.1, 0.15) is 11.2 Å². The zero-order valence-corrected chi connectivity index (χ0v) is 33.8. The first-order valence-corrected chi connectivity index (χ1v) is 20.6. The van der Waals surface area contributed by atoms with E-state index in [1.165, 1.54) is 50.1 Å². The molecule has 0 atom stereocenters. The lowest BCUT2D eigenvalue weighted by Gasteiger charge is -2.22. The second-order valence-corrected chi connectivity index (χ2v) is 16.5. The van der Waals surface area contributed by atoms with Gasteiger partial charge < -0.3 is 4.42 Å². The first-order chi connectivity index (χ1) is 29.4. The van der Waals surface area contributed by atoms with E-state index in [1.807, 2.05) is 36.4 Å². The van der Waals surface area contributed by atoms with Crippen LogP contribution in [0.5, 0.6) is 0 Å². The lowest BCUT2D eigenvalue weighted by Crippen LogP contribution is -2.15. The van der Waals surface area contributed by atoms with E-state index in [-0.39, 0.29) is 5.41 Å². The van der Waals surface area contributed by atoms with Crippen LogP contribution in [0, 0.1) is 6.92 Å². The van der Waals surface area contributed by atoms with Gasteiger partial charge in [0, 0.05) is 27.3 Å². The normalized spacial score (nSPS) is 12.8. The van der Waals surface area contributed by atoms with Crippen LogP contribution in [0.1, 0.15) is 41.7 Å².